The van der Waals surface area contributed by atoms with Gasteiger partial charge < -0.3 is 15.0 Å². The molecule has 0 aliphatic heterocycles. The second kappa shape index (κ2) is 8.95. The highest BCUT2D eigenvalue weighted by Crippen LogP contribution is 2.13. The average Bonchev–Trinajstić information content (AvgIpc) is 2.37. The first-order valence-corrected chi connectivity index (χ1v) is 6.79. The lowest BCUT2D eigenvalue weighted by molar-refractivity contribution is 0.311. The van der Waals surface area contributed by atoms with E-state index in [1.54, 1.807) is 0 Å². The lowest BCUT2D eigenvalue weighted by Crippen LogP contribution is -2.25. The van der Waals surface area contributed by atoms with E-state index in [-0.39, 0.29) is 0 Å². The molecule has 0 bridgehead atoms. The van der Waals surface area contributed by atoms with Crippen LogP contribution < -0.4 is 10.1 Å². The summed E-state index contributed by atoms with van der Waals surface area (Å²) < 4.78 is 5.70. The SMILES string of the molecule is CCc1cccc(OCCNCCCN(C)C)c1. The van der Waals surface area contributed by atoms with E-state index >= 15 is 0 Å². The zero-order chi connectivity index (χ0) is 13.2. The predicted octanol–water partition coefficient (Wildman–Crippen LogP) is 2.17. The van der Waals surface area contributed by atoms with Gasteiger partial charge in [-0.2, -0.15) is 0 Å². The van der Waals surface area contributed by atoms with Gasteiger partial charge in [-0.25, -0.2) is 0 Å². The monoisotopic (exact) mass is 250 g/mol. The minimum Gasteiger partial charge on any atom is -0.492 e. The molecule has 0 fully saturated rings. The summed E-state index contributed by atoms with van der Waals surface area (Å²) in [5, 5.41) is 3.39. The summed E-state index contributed by atoms with van der Waals surface area (Å²) in [6, 6.07) is 8.32. The summed E-state index contributed by atoms with van der Waals surface area (Å²) in [5.74, 6) is 0.976. The van der Waals surface area contributed by atoms with E-state index in [9.17, 15) is 0 Å². The lowest BCUT2D eigenvalue weighted by atomic mass is 10.2. The molecule has 1 N–H and O–H groups in total. The van der Waals surface area contributed by atoms with E-state index in [0.717, 1.165) is 38.4 Å². The molecule has 3 nitrogen and oxygen atoms in total. The third-order valence-corrected chi connectivity index (χ3v) is 2.81. The van der Waals surface area contributed by atoms with Gasteiger partial charge in [-0.3, -0.25) is 0 Å². The number of aryl methyl sites for hydroxylation is 1. The lowest BCUT2D eigenvalue weighted by Gasteiger charge is -2.10. The summed E-state index contributed by atoms with van der Waals surface area (Å²) in [7, 11) is 4.20. The van der Waals surface area contributed by atoms with E-state index in [4.69, 9.17) is 4.74 Å². The van der Waals surface area contributed by atoms with Gasteiger partial charge in [-0.15, -0.1) is 0 Å². The van der Waals surface area contributed by atoms with Gasteiger partial charge in [-0.1, -0.05) is 19.1 Å². The molecule has 0 unspecified atom stereocenters. The zero-order valence-corrected chi connectivity index (χ0v) is 11.9. The maximum absolute atomic E-state index is 5.70. The minimum atomic E-state index is 0.731. The van der Waals surface area contributed by atoms with Gasteiger partial charge in [0, 0.05) is 6.54 Å². The highest BCUT2D eigenvalue weighted by molar-refractivity contribution is 5.28. The van der Waals surface area contributed by atoms with Crippen LogP contribution in [0.4, 0.5) is 0 Å². The van der Waals surface area contributed by atoms with E-state index in [0.29, 0.717) is 0 Å². The van der Waals surface area contributed by atoms with Crippen molar-refractivity contribution < 1.29 is 4.74 Å². The molecule has 0 radical (unpaired) electrons. The van der Waals surface area contributed by atoms with Crippen molar-refractivity contribution in [3.8, 4) is 5.75 Å². The summed E-state index contributed by atoms with van der Waals surface area (Å²) in [6.45, 7) is 5.98. The Morgan fingerprint density at radius 3 is 2.78 bits per heavy atom. The first-order chi connectivity index (χ1) is 8.72. The van der Waals surface area contributed by atoms with Crippen molar-refractivity contribution in [2.24, 2.45) is 0 Å². The first-order valence-electron chi connectivity index (χ1n) is 6.79. The van der Waals surface area contributed by atoms with Crippen LogP contribution in [-0.2, 0) is 6.42 Å². The van der Waals surface area contributed by atoms with Crippen LogP contribution in [0.3, 0.4) is 0 Å². The van der Waals surface area contributed by atoms with Crippen LogP contribution in [0, 0.1) is 0 Å². The smallest absolute Gasteiger partial charge is 0.119 e. The normalized spacial score (nSPS) is 10.9. The number of hydrogen-bond donors (Lipinski definition) is 1. The summed E-state index contributed by atoms with van der Waals surface area (Å²) in [5.41, 5.74) is 1.33. The van der Waals surface area contributed by atoms with Crippen LogP contribution >= 0.6 is 0 Å². The van der Waals surface area contributed by atoms with Gasteiger partial charge in [0.15, 0.2) is 0 Å². The number of rotatable bonds is 9. The molecule has 0 atom stereocenters. The quantitative estimate of drug-likeness (QED) is 0.680. The Hall–Kier alpha value is -1.06. The fourth-order valence-corrected chi connectivity index (χ4v) is 1.74. The Bertz CT molecular complexity index is 326. The third-order valence-electron chi connectivity index (χ3n) is 2.81. The molecule has 0 aliphatic rings. The predicted molar refractivity (Wildman–Crippen MR) is 77.4 cm³/mol. The van der Waals surface area contributed by atoms with Crippen LogP contribution in [0.1, 0.15) is 18.9 Å². The van der Waals surface area contributed by atoms with Gasteiger partial charge in [-0.05, 0) is 57.7 Å². The largest absolute Gasteiger partial charge is 0.492 e. The van der Waals surface area contributed by atoms with E-state index in [1.165, 1.54) is 12.0 Å². The molecule has 0 aliphatic carbocycles. The third kappa shape index (κ3) is 6.62. The maximum atomic E-state index is 5.70. The first kappa shape index (κ1) is 15.0. The molecule has 0 saturated heterocycles. The van der Waals surface area contributed by atoms with E-state index < -0.39 is 0 Å². The molecule has 0 saturated carbocycles. The number of benzene rings is 1. The second-order valence-corrected chi connectivity index (χ2v) is 4.76. The fraction of sp³-hybridized carbons (Fsp3) is 0.600. The highest BCUT2D eigenvalue weighted by Gasteiger charge is 1.95. The molecule has 1 aromatic rings. The number of ether oxygens (including phenoxy) is 1. The Morgan fingerprint density at radius 2 is 2.06 bits per heavy atom. The van der Waals surface area contributed by atoms with Crippen molar-refractivity contribution in [2.75, 3.05) is 40.3 Å². The molecule has 1 rings (SSSR count). The molecule has 0 heterocycles. The molecule has 0 amide bonds. The Labute approximate surface area is 111 Å². The molecular weight excluding hydrogens is 224 g/mol. The van der Waals surface area contributed by atoms with Crippen LogP contribution in [-0.4, -0.2) is 45.2 Å². The Morgan fingerprint density at radius 1 is 1.22 bits per heavy atom. The molecule has 0 spiro atoms. The standard InChI is InChI=1S/C15H26N2O/c1-4-14-7-5-8-15(13-14)18-12-10-16-9-6-11-17(2)3/h5,7-8,13,16H,4,6,9-12H2,1-3H3. The summed E-state index contributed by atoms with van der Waals surface area (Å²) in [4.78, 5) is 2.20. The van der Waals surface area contributed by atoms with Gasteiger partial charge >= 0.3 is 0 Å². The number of hydrogen-bond acceptors (Lipinski definition) is 3. The molecule has 3 heteroatoms. The highest BCUT2D eigenvalue weighted by atomic mass is 16.5. The Balaban J connectivity index is 2.06. The number of nitrogens with one attached hydrogen (secondary N) is 1. The molecule has 102 valence electrons. The van der Waals surface area contributed by atoms with Gasteiger partial charge in [0.25, 0.3) is 0 Å². The summed E-state index contributed by atoms with van der Waals surface area (Å²) in [6.07, 6.45) is 2.23. The maximum Gasteiger partial charge on any atom is 0.119 e. The van der Waals surface area contributed by atoms with Crippen LogP contribution in [0.15, 0.2) is 24.3 Å². The molecule has 1 aromatic carbocycles. The van der Waals surface area contributed by atoms with Crippen molar-refractivity contribution in [1.82, 2.24) is 10.2 Å². The van der Waals surface area contributed by atoms with Crippen LogP contribution in [0.2, 0.25) is 0 Å². The average molecular weight is 250 g/mol. The van der Waals surface area contributed by atoms with Crippen molar-refractivity contribution in [2.45, 2.75) is 19.8 Å². The molecule has 18 heavy (non-hydrogen) atoms. The van der Waals surface area contributed by atoms with Crippen molar-refractivity contribution in [3.05, 3.63) is 29.8 Å². The molecular formula is C15H26N2O. The van der Waals surface area contributed by atoms with E-state index in [2.05, 4.69) is 49.4 Å². The van der Waals surface area contributed by atoms with Crippen LogP contribution in [0.5, 0.6) is 5.75 Å². The van der Waals surface area contributed by atoms with Crippen molar-refractivity contribution in [3.63, 3.8) is 0 Å². The van der Waals surface area contributed by atoms with Crippen molar-refractivity contribution in [1.29, 1.82) is 0 Å². The second-order valence-electron chi connectivity index (χ2n) is 4.76. The minimum absolute atomic E-state index is 0.731. The Kier molecular flexibility index (Phi) is 7.46. The van der Waals surface area contributed by atoms with Gasteiger partial charge in [0.05, 0.1) is 0 Å². The zero-order valence-electron chi connectivity index (χ0n) is 11.9. The van der Waals surface area contributed by atoms with Crippen LogP contribution in [0.25, 0.3) is 0 Å². The summed E-state index contributed by atoms with van der Waals surface area (Å²) >= 11 is 0. The topological polar surface area (TPSA) is 24.5 Å². The molecule has 0 aromatic heterocycles. The number of nitrogens with zero attached hydrogens (tertiary/aromatic N) is 1. The van der Waals surface area contributed by atoms with Crippen molar-refractivity contribution >= 4 is 0 Å². The van der Waals surface area contributed by atoms with Gasteiger partial charge in [0.1, 0.15) is 12.4 Å². The van der Waals surface area contributed by atoms with E-state index in [1.807, 2.05) is 6.07 Å². The van der Waals surface area contributed by atoms with Gasteiger partial charge in [0.2, 0.25) is 0 Å². The fourth-order valence-electron chi connectivity index (χ4n) is 1.74.